The SMILES string of the molecule is O=c1c2c(nc(SCc3ccccc3Cl)n1-c1ccc([N+](=O)[O-])cc1)CCS2. The van der Waals surface area contributed by atoms with Crippen LogP contribution in [0.1, 0.15) is 11.3 Å². The van der Waals surface area contributed by atoms with Crippen LogP contribution in [0.4, 0.5) is 5.69 Å². The Kier molecular flexibility index (Phi) is 5.43. The summed E-state index contributed by atoms with van der Waals surface area (Å²) in [5, 5.41) is 12.2. The molecule has 1 aliphatic rings. The highest BCUT2D eigenvalue weighted by Crippen LogP contribution is 2.32. The Bertz CT molecular complexity index is 1120. The molecule has 2 aromatic carbocycles. The van der Waals surface area contributed by atoms with Gasteiger partial charge in [0.15, 0.2) is 5.16 Å². The van der Waals surface area contributed by atoms with Gasteiger partial charge >= 0.3 is 0 Å². The van der Waals surface area contributed by atoms with Gasteiger partial charge in [0.25, 0.3) is 11.2 Å². The second-order valence-corrected chi connectivity index (χ2v) is 8.52. The molecule has 4 rings (SSSR count). The van der Waals surface area contributed by atoms with Crippen LogP contribution in [0.3, 0.4) is 0 Å². The van der Waals surface area contributed by atoms with Gasteiger partial charge in [0.2, 0.25) is 0 Å². The van der Waals surface area contributed by atoms with Crippen molar-refractivity contribution in [2.24, 2.45) is 0 Å². The Morgan fingerprint density at radius 3 is 2.68 bits per heavy atom. The number of aryl methyl sites for hydroxylation is 1. The van der Waals surface area contributed by atoms with Crippen molar-refractivity contribution >= 4 is 40.8 Å². The molecule has 0 amide bonds. The van der Waals surface area contributed by atoms with E-state index < -0.39 is 4.92 Å². The Labute approximate surface area is 174 Å². The molecule has 6 nitrogen and oxygen atoms in total. The number of nitrogens with zero attached hydrogens (tertiary/aromatic N) is 3. The van der Waals surface area contributed by atoms with Crippen molar-refractivity contribution in [2.45, 2.75) is 22.2 Å². The number of hydrogen-bond acceptors (Lipinski definition) is 6. The van der Waals surface area contributed by atoms with Crippen molar-refractivity contribution in [2.75, 3.05) is 5.75 Å². The normalized spacial score (nSPS) is 12.8. The zero-order valence-corrected chi connectivity index (χ0v) is 16.9. The highest BCUT2D eigenvalue weighted by molar-refractivity contribution is 7.99. The monoisotopic (exact) mass is 431 g/mol. The van der Waals surface area contributed by atoms with Gasteiger partial charge in [-0.3, -0.25) is 19.5 Å². The van der Waals surface area contributed by atoms with Crippen molar-refractivity contribution in [3.8, 4) is 5.69 Å². The van der Waals surface area contributed by atoms with E-state index in [0.717, 1.165) is 23.4 Å². The smallest absolute Gasteiger partial charge is 0.268 e. The number of benzene rings is 2. The molecule has 0 saturated carbocycles. The summed E-state index contributed by atoms with van der Waals surface area (Å²) in [5.74, 6) is 1.39. The van der Waals surface area contributed by atoms with Crippen molar-refractivity contribution in [3.05, 3.63) is 85.3 Å². The first kappa shape index (κ1) is 19.0. The number of halogens is 1. The predicted molar refractivity (Wildman–Crippen MR) is 112 cm³/mol. The number of nitro benzene ring substituents is 1. The zero-order valence-electron chi connectivity index (χ0n) is 14.5. The van der Waals surface area contributed by atoms with Crippen molar-refractivity contribution in [1.82, 2.24) is 9.55 Å². The maximum absolute atomic E-state index is 13.1. The van der Waals surface area contributed by atoms with E-state index in [-0.39, 0.29) is 11.2 Å². The minimum absolute atomic E-state index is 0.0226. The third-order valence-electron chi connectivity index (χ3n) is 4.30. The molecule has 2 heterocycles. The van der Waals surface area contributed by atoms with E-state index in [1.807, 2.05) is 24.3 Å². The number of aromatic nitrogens is 2. The van der Waals surface area contributed by atoms with Crippen LogP contribution >= 0.6 is 35.1 Å². The van der Waals surface area contributed by atoms with Gasteiger partial charge in [-0.2, -0.15) is 0 Å². The van der Waals surface area contributed by atoms with Gasteiger partial charge in [-0.15, -0.1) is 11.8 Å². The average molecular weight is 432 g/mol. The predicted octanol–water partition coefficient (Wildman–Crippen LogP) is 4.73. The average Bonchev–Trinajstić information content (AvgIpc) is 3.16. The summed E-state index contributed by atoms with van der Waals surface area (Å²) >= 11 is 9.18. The van der Waals surface area contributed by atoms with Crippen LogP contribution in [-0.2, 0) is 12.2 Å². The number of nitro groups is 1. The molecule has 28 heavy (non-hydrogen) atoms. The van der Waals surface area contributed by atoms with Crippen LogP contribution in [0, 0.1) is 10.1 Å². The third-order valence-corrected chi connectivity index (χ3v) is 6.76. The fourth-order valence-electron chi connectivity index (χ4n) is 2.90. The number of thioether (sulfide) groups is 2. The van der Waals surface area contributed by atoms with E-state index in [0.29, 0.717) is 26.5 Å². The molecule has 0 aliphatic carbocycles. The first-order valence-electron chi connectivity index (χ1n) is 8.44. The van der Waals surface area contributed by atoms with Crippen LogP contribution < -0.4 is 5.56 Å². The molecule has 3 aromatic rings. The van der Waals surface area contributed by atoms with Crippen molar-refractivity contribution in [3.63, 3.8) is 0 Å². The quantitative estimate of drug-likeness (QED) is 0.251. The van der Waals surface area contributed by atoms with Crippen LogP contribution in [0.15, 0.2) is 63.4 Å². The molecule has 0 N–H and O–H groups in total. The summed E-state index contributed by atoms with van der Waals surface area (Å²) in [6.45, 7) is 0. The zero-order chi connectivity index (χ0) is 19.7. The number of non-ortho nitro benzene ring substituents is 1. The molecule has 1 aliphatic heterocycles. The molecule has 0 bridgehead atoms. The molecule has 0 saturated heterocycles. The fraction of sp³-hybridized carbons (Fsp3) is 0.158. The van der Waals surface area contributed by atoms with E-state index in [1.54, 1.807) is 12.1 Å². The Balaban J connectivity index is 1.77. The van der Waals surface area contributed by atoms with E-state index in [2.05, 4.69) is 0 Å². The van der Waals surface area contributed by atoms with E-state index in [1.165, 1.54) is 40.2 Å². The van der Waals surface area contributed by atoms with Crippen LogP contribution in [0.2, 0.25) is 5.02 Å². The van der Waals surface area contributed by atoms with Crippen LogP contribution in [0.25, 0.3) is 5.69 Å². The van der Waals surface area contributed by atoms with E-state index >= 15 is 0 Å². The summed E-state index contributed by atoms with van der Waals surface area (Å²) in [6.07, 6.45) is 0.760. The molecule has 0 atom stereocenters. The summed E-state index contributed by atoms with van der Waals surface area (Å²) in [4.78, 5) is 29.0. The van der Waals surface area contributed by atoms with Gasteiger partial charge in [0.05, 0.1) is 21.2 Å². The lowest BCUT2D eigenvalue weighted by molar-refractivity contribution is -0.384. The molecule has 1 aromatic heterocycles. The lowest BCUT2D eigenvalue weighted by atomic mass is 10.2. The maximum atomic E-state index is 13.1. The molecule has 0 spiro atoms. The molecule has 0 unspecified atom stereocenters. The molecule has 0 fully saturated rings. The third kappa shape index (κ3) is 3.67. The maximum Gasteiger partial charge on any atom is 0.272 e. The summed E-state index contributed by atoms with van der Waals surface area (Å²) < 4.78 is 1.53. The summed E-state index contributed by atoms with van der Waals surface area (Å²) in [7, 11) is 0. The Hall–Kier alpha value is -2.29. The number of rotatable bonds is 5. The standard InChI is InChI=1S/C19H14ClN3O3S2/c20-15-4-2-1-3-12(15)11-28-19-21-16-9-10-27-17(16)18(24)22(19)13-5-7-14(8-6-13)23(25)26/h1-8H,9-11H2. The van der Waals surface area contributed by atoms with Crippen LogP contribution in [-0.4, -0.2) is 20.2 Å². The van der Waals surface area contributed by atoms with Gasteiger partial charge in [0, 0.05) is 35.1 Å². The minimum atomic E-state index is -0.462. The van der Waals surface area contributed by atoms with Gasteiger partial charge < -0.3 is 0 Å². The van der Waals surface area contributed by atoms with E-state index in [9.17, 15) is 14.9 Å². The van der Waals surface area contributed by atoms with Crippen molar-refractivity contribution < 1.29 is 4.92 Å². The van der Waals surface area contributed by atoms with Crippen LogP contribution in [0.5, 0.6) is 0 Å². The van der Waals surface area contributed by atoms with Gasteiger partial charge in [0.1, 0.15) is 0 Å². The number of fused-ring (bicyclic) bond motifs is 1. The second kappa shape index (κ2) is 7.98. The minimum Gasteiger partial charge on any atom is -0.268 e. The fourth-order valence-corrected chi connectivity index (χ4v) is 5.24. The molecule has 0 radical (unpaired) electrons. The largest absolute Gasteiger partial charge is 0.272 e. The van der Waals surface area contributed by atoms with Gasteiger partial charge in [-0.05, 0) is 23.8 Å². The lowest BCUT2D eigenvalue weighted by Gasteiger charge is -2.14. The molecular formula is C19H14ClN3O3S2. The first-order chi connectivity index (χ1) is 13.5. The van der Waals surface area contributed by atoms with Gasteiger partial charge in [-0.25, -0.2) is 4.98 Å². The highest BCUT2D eigenvalue weighted by Gasteiger charge is 2.23. The number of hydrogen-bond donors (Lipinski definition) is 0. The Morgan fingerprint density at radius 1 is 1.21 bits per heavy atom. The topological polar surface area (TPSA) is 78.0 Å². The molecule has 9 heteroatoms. The van der Waals surface area contributed by atoms with E-state index in [4.69, 9.17) is 16.6 Å². The molecular weight excluding hydrogens is 418 g/mol. The lowest BCUT2D eigenvalue weighted by Crippen LogP contribution is -2.23. The first-order valence-corrected chi connectivity index (χ1v) is 10.8. The van der Waals surface area contributed by atoms with Crippen molar-refractivity contribution in [1.29, 1.82) is 0 Å². The highest BCUT2D eigenvalue weighted by atomic mass is 35.5. The second-order valence-electron chi connectivity index (χ2n) is 6.06. The van der Waals surface area contributed by atoms with Gasteiger partial charge in [-0.1, -0.05) is 41.6 Å². The molecule has 142 valence electrons. The summed E-state index contributed by atoms with van der Waals surface area (Å²) in [6, 6.07) is 13.5. The summed E-state index contributed by atoms with van der Waals surface area (Å²) in [5.41, 5.74) is 2.16. The Morgan fingerprint density at radius 2 is 1.96 bits per heavy atom.